The van der Waals surface area contributed by atoms with Crippen LogP contribution in [-0.2, 0) is 15.4 Å². The molecule has 24 heavy (non-hydrogen) atoms. The first kappa shape index (κ1) is 16.7. The average Bonchev–Trinajstić information content (AvgIpc) is 2.90. The van der Waals surface area contributed by atoms with E-state index < -0.39 is 10.0 Å². The van der Waals surface area contributed by atoms with Crippen molar-refractivity contribution >= 4 is 21.1 Å². The van der Waals surface area contributed by atoms with E-state index in [0.29, 0.717) is 11.0 Å². The smallest absolute Gasteiger partial charge is 0.236 e. The SMILES string of the molecule is Cc1cc2ncn(S(=O)(=O)c3ccc(C(C)(C)C)cc3)c2cc1C. The van der Waals surface area contributed by atoms with E-state index in [-0.39, 0.29) is 10.3 Å². The Labute approximate surface area is 143 Å². The van der Waals surface area contributed by atoms with Crippen molar-refractivity contribution in [3.05, 3.63) is 59.4 Å². The van der Waals surface area contributed by atoms with Crippen LogP contribution < -0.4 is 0 Å². The summed E-state index contributed by atoms with van der Waals surface area (Å²) in [7, 11) is -3.66. The Hall–Kier alpha value is -2.14. The average molecular weight is 342 g/mol. The third kappa shape index (κ3) is 2.73. The van der Waals surface area contributed by atoms with E-state index in [1.807, 2.05) is 38.1 Å². The summed E-state index contributed by atoms with van der Waals surface area (Å²) < 4.78 is 27.2. The van der Waals surface area contributed by atoms with E-state index in [1.54, 1.807) is 12.1 Å². The summed E-state index contributed by atoms with van der Waals surface area (Å²) >= 11 is 0. The number of aryl methyl sites for hydroxylation is 2. The number of hydrogen-bond acceptors (Lipinski definition) is 3. The van der Waals surface area contributed by atoms with E-state index in [1.165, 1.54) is 10.3 Å². The maximum atomic E-state index is 13.0. The summed E-state index contributed by atoms with van der Waals surface area (Å²) in [6.45, 7) is 10.3. The molecule has 5 heteroatoms. The van der Waals surface area contributed by atoms with Crippen LogP contribution in [0.3, 0.4) is 0 Å². The van der Waals surface area contributed by atoms with Gasteiger partial charge < -0.3 is 0 Å². The predicted octanol–water partition coefficient (Wildman–Crippen LogP) is 4.19. The van der Waals surface area contributed by atoms with Gasteiger partial charge in [-0.15, -0.1) is 0 Å². The number of rotatable bonds is 2. The van der Waals surface area contributed by atoms with E-state index in [9.17, 15) is 8.42 Å². The summed E-state index contributed by atoms with van der Waals surface area (Å²) in [5.74, 6) is 0. The van der Waals surface area contributed by atoms with Crippen LogP contribution in [0.25, 0.3) is 11.0 Å². The van der Waals surface area contributed by atoms with Crippen LogP contribution in [0.15, 0.2) is 47.6 Å². The Kier molecular flexibility index (Phi) is 3.79. The van der Waals surface area contributed by atoms with Gasteiger partial charge in [-0.1, -0.05) is 32.9 Å². The Morgan fingerprint density at radius 3 is 2.12 bits per heavy atom. The zero-order valence-corrected chi connectivity index (χ0v) is 15.5. The number of imidazole rings is 1. The molecule has 2 aromatic carbocycles. The van der Waals surface area contributed by atoms with Crippen LogP contribution in [-0.4, -0.2) is 17.4 Å². The van der Waals surface area contributed by atoms with Crippen LogP contribution in [0.1, 0.15) is 37.5 Å². The van der Waals surface area contributed by atoms with E-state index >= 15 is 0 Å². The molecule has 0 amide bonds. The van der Waals surface area contributed by atoms with Crippen LogP contribution in [0.2, 0.25) is 0 Å². The number of aromatic nitrogens is 2. The highest BCUT2D eigenvalue weighted by molar-refractivity contribution is 7.90. The lowest BCUT2D eigenvalue weighted by atomic mass is 9.87. The molecule has 0 atom stereocenters. The van der Waals surface area contributed by atoms with Crippen LogP contribution in [0.5, 0.6) is 0 Å². The molecule has 3 rings (SSSR count). The van der Waals surface area contributed by atoms with Gasteiger partial charge in [0.1, 0.15) is 6.33 Å². The van der Waals surface area contributed by atoms with Gasteiger partial charge in [0.05, 0.1) is 15.9 Å². The van der Waals surface area contributed by atoms with Crippen LogP contribution in [0, 0.1) is 13.8 Å². The third-order valence-electron chi connectivity index (χ3n) is 4.41. The van der Waals surface area contributed by atoms with Gasteiger partial charge in [0, 0.05) is 0 Å². The van der Waals surface area contributed by atoms with Gasteiger partial charge in [0.25, 0.3) is 10.0 Å². The number of hydrogen-bond donors (Lipinski definition) is 0. The molecular formula is C19H22N2O2S. The Bertz CT molecular complexity index is 1010. The zero-order valence-electron chi connectivity index (χ0n) is 14.7. The second kappa shape index (κ2) is 5.45. The number of fused-ring (bicyclic) bond motifs is 1. The molecule has 0 unspecified atom stereocenters. The highest BCUT2D eigenvalue weighted by Gasteiger charge is 2.21. The van der Waals surface area contributed by atoms with E-state index in [2.05, 4.69) is 25.8 Å². The van der Waals surface area contributed by atoms with Crippen LogP contribution >= 0.6 is 0 Å². The lowest BCUT2D eigenvalue weighted by molar-refractivity contribution is 0.583. The van der Waals surface area contributed by atoms with Crippen molar-refractivity contribution in [3.63, 3.8) is 0 Å². The van der Waals surface area contributed by atoms with Crippen molar-refractivity contribution < 1.29 is 8.42 Å². The van der Waals surface area contributed by atoms with Crippen molar-refractivity contribution in [1.29, 1.82) is 0 Å². The fraction of sp³-hybridized carbons (Fsp3) is 0.316. The molecule has 1 heterocycles. The van der Waals surface area contributed by atoms with E-state index in [0.717, 1.165) is 16.7 Å². The molecule has 0 aliphatic rings. The van der Waals surface area contributed by atoms with E-state index in [4.69, 9.17) is 0 Å². The molecule has 126 valence electrons. The quantitative estimate of drug-likeness (QED) is 0.702. The van der Waals surface area contributed by atoms with Crippen LogP contribution in [0.4, 0.5) is 0 Å². The van der Waals surface area contributed by atoms with Gasteiger partial charge in [0.15, 0.2) is 0 Å². The molecule has 0 spiro atoms. The van der Waals surface area contributed by atoms with Gasteiger partial charge in [-0.3, -0.25) is 0 Å². The molecule has 0 aliphatic heterocycles. The van der Waals surface area contributed by atoms with Crippen molar-refractivity contribution in [2.75, 3.05) is 0 Å². The van der Waals surface area contributed by atoms with Gasteiger partial charge in [-0.2, -0.15) is 0 Å². The second-order valence-electron chi connectivity index (χ2n) is 7.24. The lowest BCUT2D eigenvalue weighted by Gasteiger charge is -2.19. The first-order valence-corrected chi connectivity index (χ1v) is 9.35. The van der Waals surface area contributed by atoms with Gasteiger partial charge in [0.2, 0.25) is 0 Å². The Morgan fingerprint density at radius 1 is 0.958 bits per heavy atom. The largest absolute Gasteiger partial charge is 0.269 e. The van der Waals surface area contributed by atoms with Gasteiger partial charge in [-0.25, -0.2) is 17.4 Å². The fourth-order valence-electron chi connectivity index (χ4n) is 2.67. The fourth-order valence-corrected chi connectivity index (χ4v) is 3.96. The number of benzene rings is 2. The number of nitrogens with zero attached hydrogens (tertiary/aromatic N) is 2. The molecule has 0 bridgehead atoms. The molecule has 0 aliphatic carbocycles. The van der Waals surface area contributed by atoms with Gasteiger partial charge in [-0.05, 0) is 60.2 Å². The predicted molar refractivity (Wildman–Crippen MR) is 96.9 cm³/mol. The molecule has 0 saturated heterocycles. The summed E-state index contributed by atoms with van der Waals surface area (Å²) in [5, 5.41) is 0. The molecule has 0 saturated carbocycles. The summed E-state index contributed by atoms with van der Waals surface area (Å²) in [6.07, 6.45) is 1.39. The monoisotopic (exact) mass is 342 g/mol. The van der Waals surface area contributed by atoms with Crippen molar-refractivity contribution in [2.45, 2.75) is 44.9 Å². The molecule has 4 nitrogen and oxygen atoms in total. The topological polar surface area (TPSA) is 52.0 Å². The maximum absolute atomic E-state index is 13.0. The highest BCUT2D eigenvalue weighted by Crippen LogP contribution is 2.26. The minimum atomic E-state index is -3.66. The second-order valence-corrected chi connectivity index (χ2v) is 9.06. The molecule has 1 aromatic heterocycles. The first-order chi connectivity index (χ1) is 11.1. The molecule has 0 N–H and O–H groups in total. The molecule has 0 radical (unpaired) electrons. The molecule has 0 fully saturated rings. The third-order valence-corrected chi connectivity index (χ3v) is 6.08. The lowest BCUT2D eigenvalue weighted by Crippen LogP contribution is -2.14. The Morgan fingerprint density at radius 2 is 1.54 bits per heavy atom. The van der Waals surface area contributed by atoms with Gasteiger partial charge >= 0.3 is 0 Å². The molecule has 3 aromatic rings. The van der Waals surface area contributed by atoms with Crippen molar-refractivity contribution in [1.82, 2.24) is 8.96 Å². The molecular weight excluding hydrogens is 320 g/mol. The zero-order chi connectivity index (χ0) is 17.7. The standard InChI is InChI=1S/C19H22N2O2S/c1-13-10-17-18(11-14(13)2)21(12-20-17)24(22,23)16-8-6-15(7-9-16)19(3,4)5/h6-12H,1-5H3. The Balaban J connectivity index is 2.13. The highest BCUT2D eigenvalue weighted by atomic mass is 32.2. The summed E-state index contributed by atoms with van der Waals surface area (Å²) in [4.78, 5) is 4.52. The summed E-state index contributed by atoms with van der Waals surface area (Å²) in [5.41, 5.74) is 4.52. The minimum absolute atomic E-state index is 0.0152. The first-order valence-electron chi connectivity index (χ1n) is 7.91. The summed E-state index contributed by atoms with van der Waals surface area (Å²) in [6, 6.07) is 10.9. The maximum Gasteiger partial charge on any atom is 0.269 e. The van der Waals surface area contributed by atoms with Crippen molar-refractivity contribution in [2.24, 2.45) is 0 Å². The minimum Gasteiger partial charge on any atom is -0.236 e. The van der Waals surface area contributed by atoms with Crippen molar-refractivity contribution in [3.8, 4) is 0 Å². The normalized spacial score (nSPS) is 12.7.